The summed E-state index contributed by atoms with van der Waals surface area (Å²) in [5, 5.41) is 5.33. The predicted octanol–water partition coefficient (Wildman–Crippen LogP) is 4.88. The highest BCUT2D eigenvalue weighted by molar-refractivity contribution is 7.13. The molecular weight excluding hydrogens is 422 g/mol. The van der Waals surface area contributed by atoms with Gasteiger partial charge in [-0.05, 0) is 37.4 Å². The van der Waals surface area contributed by atoms with E-state index in [0.29, 0.717) is 11.0 Å². The first-order valence-corrected chi connectivity index (χ1v) is 11.2. The molecule has 3 heterocycles. The van der Waals surface area contributed by atoms with Gasteiger partial charge in [0, 0.05) is 31.3 Å². The summed E-state index contributed by atoms with van der Waals surface area (Å²) in [5.41, 5.74) is 0.697. The van der Waals surface area contributed by atoms with Gasteiger partial charge < -0.3 is 9.73 Å². The number of rotatable bonds is 7. The molecule has 4 rings (SSSR count). The number of hydrogen-bond donors (Lipinski definition) is 1. The van der Waals surface area contributed by atoms with Crippen molar-refractivity contribution in [3.05, 3.63) is 53.0 Å². The maximum atomic E-state index is 13.9. The van der Waals surface area contributed by atoms with Crippen molar-refractivity contribution in [2.45, 2.75) is 39.2 Å². The van der Waals surface area contributed by atoms with Crippen LogP contribution in [0.25, 0.3) is 11.3 Å². The Labute approximate surface area is 183 Å². The van der Waals surface area contributed by atoms with Gasteiger partial charge in [-0.2, -0.15) is 0 Å². The normalized spacial score (nSPS) is 17.1. The molecule has 0 radical (unpaired) electrons. The second-order valence-corrected chi connectivity index (χ2v) is 8.75. The number of nitrogens with zero attached hydrogens (tertiary/aromatic N) is 3. The van der Waals surface area contributed by atoms with E-state index in [-0.39, 0.29) is 36.0 Å². The minimum absolute atomic E-state index is 0.00241. The number of thiazole rings is 1. The van der Waals surface area contributed by atoms with Gasteiger partial charge in [0.05, 0.1) is 17.5 Å². The summed E-state index contributed by atoms with van der Waals surface area (Å²) in [6, 6.07) is 3.59. The monoisotopic (exact) mass is 446 g/mol. The fourth-order valence-corrected chi connectivity index (χ4v) is 4.49. The molecule has 1 aliphatic heterocycles. The van der Waals surface area contributed by atoms with E-state index < -0.39 is 11.6 Å². The Balaban J connectivity index is 1.28. The van der Waals surface area contributed by atoms with Crippen LogP contribution in [-0.4, -0.2) is 33.9 Å². The van der Waals surface area contributed by atoms with Crippen LogP contribution in [0.15, 0.2) is 34.2 Å². The first-order valence-electron chi connectivity index (χ1n) is 10.3. The molecule has 0 bridgehead atoms. The van der Waals surface area contributed by atoms with Gasteiger partial charge in [-0.25, -0.2) is 18.7 Å². The van der Waals surface area contributed by atoms with Crippen LogP contribution in [0, 0.1) is 17.6 Å². The van der Waals surface area contributed by atoms with Gasteiger partial charge in [-0.1, -0.05) is 13.0 Å². The maximum Gasteiger partial charge on any atom is 0.226 e. The molecule has 1 atom stereocenters. The average Bonchev–Trinajstić information content (AvgIpc) is 3.36. The van der Waals surface area contributed by atoms with Crippen molar-refractivity contribution < 1.29 is 18.0 Å². The smallest absolute Gasteiger partial charge is 0.226 e. The van der Waals surface area contributed by atoms with E-state index in [1.54, 1.807) is 0 Å². The Hall–Kier alpha value is -2.65. The summed E-state index contributed by atoms with van der Waals surface area (Å²) in [4.78, 5) is 23.2. The highest BCUT2D eigenvalue weighted by atomic mass is 32.1. The molecule has 6 nitrogen and oxygen atoms in total. The molecule has 0 saturated carbocycles. The van der Waals surface area contributed by atoms with E-state index in [4.69, 9.17) is 4.42 Å². The first kappa shape index (κ1) is 21.6. The summed E-state index contributed by atoms with van der Waals surface area (Å²) < 4.78 is 33.2. The van der Waals surface area contributed by atoms with E-state index in [0.717, 1.165) is 37.5 Å². The molecule has 0 spiro atoms. The number of nitrogens with one attached hydrogen (secondary N) is 1. The van der Waals surface area contributed by atoms with Crippen LogP contribution in [0.4, 0.5) is 13.9 Å². The fraction of sp³-hybridized carbons (Fsp3) is 0.409. The first-order chi connectivity index (χ1) is 15.0. The molecule has 1 N–H and O–H groups in total. The molecule has 31 heavy (non-hydrogen) atoms. The number of anilines is 1. The zero-order chi connectivity index (χ0) is 21.8. The summed E-state index contributed by atoms with van der Waals surface area (Å²) in [6.45, 7) is 5.22. The van der Waals surface area contributed by atoms with Crippen molar-refractivity contribution in [3.8, 4) is 11.3 Å². The number of aryl methyl sites for hydroxylation is 1. The Morgan fingerprint density at radius 2 is 2.16 bits per heavy atom. The van der Waals surface area contributed by atoms with Crippen molar-refractivity contribution in [2.24, 2.45) is 5.92 Å². The lowest BCUT2D eigenvalue weighted by molar-refractivity contribution is -0.116. The van der Waals surface area contributed by atoms with Gasteiger partial charge in [0.1, 0.15) is 11.6 Å². The van der Waals surface area contributed by atoms with Crippen LogP contribution in [0.1, 0.15) is 37.8 Å². The van der Waals surface area contributed by atoms with Gasteiger partial charge in [-0.15, -0.1) is 11.3 Å². The van der Waals surface area contributed by atoms with Crippen LogP contribution in [0.5, 0.6) is 0 Å². The number of amides is 1. The van der Waals surface area contributed by atoms with Gasteiger partial charge in [0.25, 0.3) is 0 Å². The van der Waals surface area contributed by atoms with Crippen molar-refractivity contribution in [1.29, 1.82) is 0 Å². The third kappa shape index (κ3) is 5.54. The van der Waals surface area contributed by atoms with E-state index >= 15 is 0 Å². The number of benzene rings is 1. The molecule has 1 fully saturated rings. The van der Waals surface area contributed by atoms with Crippen molar-refractivity contribution in [1.82, 2.24) is 14.9 Å². The average molecular weight is 447 g/mol. The van der Waals surface area contributed by atoms with E-state index in [1.165, 1.54) is 36.4 Å². The molecule has 1 amide bonds. The minimum Gasteiger partial charge on any atom is -0.441 e. The zero-order valence-electron chi connectivity index (χ0n) is 17.2. The number of piperidine rings is 1. The third-order valence-corrected chi connectivity index (χ3v) is 6.06. The van der Waals surface area contributed by atoms with Crippen LogP contribution >= 0.6 is 11.3 Å². The molecule has 1 aromatic carbocycles. The van der Waals surface area contributed by atoms with Crippen molar-refractivity contribution in [2.75, 3.05) is 18.4 Å². The molecule has 9 heteroatoms. The molecule has 3 aromatic rings. The Morgan fingerprint density at radius 3 is 2.94 bits per heavy atom. The molecule has 164 valence electrons. The number of carbonyl (C=O) groups is 1. The molecule has 1 unspecified atom stereocenters. The summed E-state index contributed by atoms with van der Waals surface area (Å²) >= 11 is 1.40. The Morgan fingerprint density at radius 1 is 1.35 bits per heavy atom. The van der Waals surface area contributed by atoms with Gasteiger partial charge >= 0.3 is 0 Å². The zero-order valence-corrected chi connectivity index (χ0v) is 18.1. The quantitative estimate of drug-likeness (QED) is 0.560. The minimum atomic E-state index is -0.723. The third-order valence-electron chi connectivity index (χ3n) is 5.25. The molecule has 0 aliphatic carbocycles. The summed E-state index contributed by atoms with van der Waals surface area (Å²) in [6.07, 6.45) is 4.09. The number of carbonyl (C=O) groups excluding carboxylic acids is 1. The molecule has 1 saturated heterocycles. The van der Waals surface area contributed by atoms with Gasteiger partial charge in [-0.3, -0.25) is 9.69 Å². The molecule has 2 aromatic heterocycles. The van der Waals surface area contributed by atoms with E-state index in [9.17, 15) is 13.6 Å². The van der Waals surface area contributed by atoms with Crippen LogP contribution in [0.3, 0.4) is 0 Å². The Bertz CT molecular complexity index is 1030. The summed E-state index contributed by atoms with van der Waals surface area (Å²) in [7, 11) is 0. The highest BCUT2D eigenvalue weighted by Gasteiger charge is 2.18. The van der Waals surface area contributed by atoms with Crippen molar-refractivity contribution >= 4 is 22.4 Å². The Kier molecular flexibility index (Phi) is 6.72. The maximum absolute atomic E-state index is 13.9. The lowest BCUT2D eigenvalue weighted by atomic mass is 10.0. The standard InChI is InChI=1S/C22H24F2N4O2S/c1-14-4-3-9-28(11-14)12-15-13-31-22(26-15)27-19(29)7-8-20-25-10-18(30-20)21-16(23)5-2-6-17(21)24/h2,5-6,10,13-14H,3-4,7-9,11-12H2,1H3,(H,26,27,29). The predicted molar refractivity (Wildman–Crippen MR) is 115 cm³/mol. The second kappa shape index (κ2) is 9.65. The largest absolute Gasteiger partial charge is 0.441 e. The van der Waals surface area contributed by atoms with Crippen LogP contribution < -0.4 is 5.32 Å². The fourth-order valence-electron chi connectivity index (χ4n) is 3.77. The molecular formula is C22H24F2N4O2S. The highest BCUT2D eigenvalue weighted by Crippen LogP contribution is 2.27. The van der Waals surface area contributed by atoms with Crippen LogP contribution in [0.2, 0.25) is 0 Å². The molecule has 1 aliphatic rings. The number of aromatic nitrogens is 2. The lowest BCUT2D eigenvalue weighted by Gasteiger charge is -2.30. The van der Waals surface area contributed by atoms with Gasteiger partial charge in [0.2, 0.25) is 5.91 Å². The van der Waals surface area contributed by atoms with E-state index in [1.807, 2.05) is 5.38 Å². The van der Waals surface area contributed by atoms with Crippen LogP contribution in [-0.2, 0) is 17.8 Å². The second-order valence-electron chi connectivity index (χ2n) is 7.89. The SMILES string of the molecule is CC1CCCN(Cc2csc(NC(=O)CCc3ncc(-c4c(F)cccc4F)o3)n2)C1. The number of likely N-dealkylation sites (tertiary alicyclic amines) is 1. The van der Waals surface area contributed by atoms with E-state index in [2.05, 4.69) is 27.1 Å². The summed E-state index contributed by atoms with van der Waals surface area (Å²) in [5.74, 6) is -0.714. The number of hydrogen-bond acceptors (Lipinski definition) is 6. The lowest BCUT2D eigenvalue weighted by Crippen LogP contribution is -2.33. The number of oxazole rings is 1. The van der Waals surface area contributed by atoms with Crippen molar-refractivity contribution in [3.63, 3.8) is 0 Å². The number of halogens is 2. The van der Waals surface area contributed by atoms with Gasteiger partial charge in [0.15, 0.2) is 16.8 Å². The topological polar surface area (TPSA) is 71.3 Å².